The van der Waals surface area contributed by atoms with Crippen molar-refractivity contribution in [3.8, 4) is 0 Å². The Morgan fingerprint density at radius 2 is 1.38 bits per heavy atom. The number of halogens is 2. The van der Waals surface area contributed by atoms with Crippen LogP contribution in [0.3, 0.4) is 0 Å². The molecule has 0 saturated heterocycles. The van der Waals surface area contributed by atoms with Crippen LogP contribution in [0.4, 0.5) is 0 Å². The third-order valence-corrected chi connectivity index (χ3v) is 6.84. The average molecular weight is 438 g/mol. The van der Waals surface area contributed by atoms with E-state index in [0.29, 0.717) is 0 Å². The largest absolute Gasteiger partial charge is 0.245 e. The monoisotopic (exact) mass is 438 g/mol. The number of rotatable bonds is 2. The van der Waals surface area contributed by atoms with Crippen molar-refractivity contribution < 1.29 is 22.9 Å². The van der Waals surface area contributed by atoms with Gasteiger partial charge in [0.15, 0.2) is 0 Å². The van der Waals surface area contributed by atoms with E-state index in [2.05, 4.69) is 36.5 Å². The van der Waals surface area contributed by atoms with Gasteiger partial charge in [0.1, 0.15) is 0 Å². The first kappa shape index (κ1) is 14.7. The van der Waals surface area contributed by atoms with Gasteiger partial charge in [0, 0.05) is 0 Å². The number of hydrogen-bond acceptors (Lipinski definition) is 0. The third kappa shape index (κ3) is 7.83. The summed E-state index contributed by atoms with van der Waals surface area (Å²) in [7, 11) is 0. The van der Waals surface area contributed by atoms with E-state index in [1.807, 2.05) is 13.1 Å². The first-order valence-corrected chi connectivity index (χ1v) is 13.9. The minimum Gasteiger partial charge on any atom is -0.146 e. The van der Waals surface area contributed by atoms with Crippen molar-refractivity contribution in [2.45, 2.75) is 25.9 Å². The second kappa shape index (κ2) is 7.15. The minimum atomic E-state index is -1.67. The predicted octanol–water partition coefficient (Wildman–Crippen LogP) is 4.92. The van der Waals surface area contributed by atoms with Gasteiger partial charge in [0.2, 0.25) is 6.69 Å². The van der Waals surface area contributed by atoms with Crippen molar-refractivity contribution in [3.63, 3.8) is 0 Å². The molecule has 0 atom stereocenters. The quantitative estimate of drug-likeness (QED) is 0.425. The van der Waals surface area contributed by atoms with Gasteiger partial charge < -0.3 is 0 Å². The van der Waals surface area contributed by atoms with E-state index in [0.717, 1.165) is 0 Å². The Balaban J connectivity index is 0.000000221. The van der Waals surface area contributed by atoms with E-state index in [-0.39, 0.29) is 0 Å². The van der Waals surface area contributed by atoms with Gasteiger partial charge in [-0.2, -0.15) is 0 Å². The van der Waals surface area contributed by atoms with Gasteiger partial charge >= 0.3 is 78.9 Å². The van der Waals surface area contributed by atoms with E-state index in [1.165, 1.54) is 12.8 Å². The summed E-state index contributed by atoms with van der Waals surface area (Å²) in [5.41, 5.74) is 0. The van der Waals surface area contributed by atoms with Crippen LogP contribution in [0.5, 0.6) is 0 Å². The van der Waals surface area contributed by atoms with Crippen LogP contribution in [0, 0.1) is 0 Å². The molecule has 0 N–H and O–H groups in total. The molecule has 0 aliphatic heterocycles. The van der Waals surface area contributed by atoms with Gasteiger partial charge in [0.05, 0.1) is 0 Å². The van der Waals surface area contributed by atoms with Crippen LogP contribution in [-0.4, -0.2) is 6.69 Å². The molecule has 0 unspecified atom stereocenters. The van der Waals surface area contributed by atoms with E-state index in [9.17, 15) is 0 Å². The van der Waals surface area contributed by atoms with Gasteiger partial charge in [-0.15, -0.1) is 22.2 Å². The molecule has 86 valence electrons. The Hall–Kier alpha value is 0.627. The Kier molecular flexibility index (Phi) is 6.56. The minimum absolute atomic E-state index is 0.526. The molecular formula is C12H16Cl2HfSi. The molecule has 4 heteroatoms. The average Bonchev–Trinajstić information content (AvgIpc) is 2.74. The zero-order chi connectivity index (χ0) is 12.0. The molecule has 0 fully saturated rings. The third-order valence-electron chi connectivity index (χ3n) is 1.86. The fraction of sp³-hybridized carbons (Fsp3) is 0.333. The molecular weight excluding hydrogens is 422 g/mol. The summed E-state index contributed by atoms with van der Waals surface area (Å²) >= 11 is 10.3. The summed E-state index contributed by atoms with van der Waals surface area (Å²) in [5.74, 6) is 0. The summed E-state index contributed by atoms with van der Waals surface area (Å²) in [6.45, 7) is 2.05. The van der Waals surface area contributed by atoms with Crippen LogP contribution in [0.2, 0.25) is 13.1 Å². The summed E-state index contributed by atoms with van der Waals surface area (Å²) < 4.78 is 3.50. The molecule has 2 aliphatic rings. The van der Waals surface area contributed by atoms with Crippen molar-refractivity contribution in [1.82, 2.24) is 0 Å². The van der Waals surface area contributed by atoms with Crippen LogP contribution in [-0.2, 0) is 22.9 Å². The molecule has 0 aromatic rings. The molecule has 0 amide bonds. The second-order valence-electron chi connectivity index (χ2n) is 4.10. The molecule has 2 rings (SSSR count). The van der Waals surface area contributed by atoms with Gasteiger partial charge in [0.25, 0.3) is 0 Å². The van der Waals surface area contributed by atoms with E-state index < -0.39 is 29.6 Å². The predicted molar refractivity (Wildman–Crippen MR) is 72.9 cm³/mol. The van der Waals surface area contributed by atoms with Gasteiger partial charge in [-0.1, -0.05) is 0 Å². The smallest absolute Gasteiger partial charge is 0.146 e. The Morgan fingerprint density at radius 1 is 1.00 bits per heavy atom. The first-order valence-electron chi connectivity index (χ1n) is 5.31. The standard InChI is InChI=1S/2C5H5.C2H6Cl2Si.Hf/c2*1-2-4-5-3-1;1-5(2,3)4;/h2*1-3H,4H2;1-2H3;. The molecule has 0 heterocycles. The molecule has 0 bridgehead atoms. The van der Waals surface area contributed by atoms with E-state index in [1.54, 1.807) is 6.66 Å². The van der Waals surface area contributed by atoms with Crippen molar-refractivity contribution >= 4 is 28.9 Å². The summed E-state index contributed by atoms with van der Waals surface area (Å²) in [5, 5.41) is 0. The summed E-state index contributed by atoms with van der Waals surface area (Å²) in [6, 6.07) is 0. The molecule has 0 saturated carbocycles. The normalized spacial score (nSPS) is 17.8. The topological polar surface area (TPSA) is 0 Å². The van der Waals surface area contributed by atoms with Crippen LogP contribution >= 0.6 is 22.2 Å². The summed E-state index contributed by atoms with van der Waals surface area (Å²) in [4.78, 5) is 0. The maximum atomic E-state index is 5.43. The number of allylic oxidation sites excluding steroid dienone is 8. The molecule has 0 nitrogen and oxygen atoms in total. The Labute approximate surface area is 120 Å². The van der Waals surface area contributed by atoms with Crippen LogP contribution < -0.4 is 0 Å². The fourth-order valence-electron chi connectivity index (χ4n) is 1.29. The molecule has 0 spiro atoms. The second-order valence-corrected chi connectivity index (χ2v) is 18.5. The van der Waals surface area contributed by atoms with Crippen molar-refractivity contribution in [2.24, 2.45) is 0 Å². The zero-order valence-corrected chi connectivity index (χ0v) is 15.7. The molecule has 0 radical (unpaired) electrons. The first-order chi connectivity index (χ1) is 7.45. The molecule has 16 heavy (non-hydrogen) atoms. The van der Waals surface area contributed by atoms with E-state index >= 15 is 0 Å². The zero-order valence-electron chi connectivity index (χ0n) is 9.63. The SMILES string of the molecule is C1=CC[C]([Hf][C]2=CC=CC2)=C1.C[Si](C)(Cl)Cl. The van der Waals surface area contributed by atoms with Crippen molar-refractivity contribution in [1.29, 1.82) is 0 Å². The van der Waals surface area contributed by atoms with E-state index in [4.69, 9.17) is 22.2 Å². The molecule has 0 aromatic heterocycles. The number of hydrogen-bond donors (Lipinski definition) is 0. The fourth-order valence-corrected chi connectivity index (χ4v) is 5.64. The Morgan fingerprint density at radius 3 is 1.62 bits per heavy atom. The van der Waals surface area contributed by atoms with Crippen LogP contribution in [0.15, 0.2) is 43.1 Å². The van der Waals surface area contributed by atoms with Gasteiger partial charge in [-0.3, -0.25) is 0 Å². The van der Waals surface area contributed by atoms with Crippen LogP contribution in [0.25, 0.3) is 0 Å². The van der Waals surface area contributed by atoms with Crippen molar-refractivity contribution in [2.75, 3.05) is 0 Å². The molecule has 2 aliphatic carbocycles. The van der Waals surface area contributed by atoms with Gasteiger partial charge in [-0.05, 0) is 13.1 Å². The van der Waals surface area contributed by atoms with Crippen molar-refractivity contribution in [3.05, 3.63) is 43.1 Å². The van der Waals surface area contributed by atoms with Crippen LogP contribution in [0.1, 0.15) is 12.8 Å². The molecule has 0 aromatic carbocycles. The maximum absolute atomic E-state index is 5.43. The maximum Gasteiger partial charge on any atom is 0.245 e. The Bertz CT molecular complexity index is 315. The summed E-state index contributed by atoms with van der Waals surface area (Å²) in [6.07, 6.45) is 16.1. The van der Waals surface area contributed by atoms with Gasteiger partial charge in [-0.25, -0.2) is 0 Å².